The van der Waals surface area contributed by atoms with Crippen LogP contribution in [-0.2, 0) is 25.6 Å². The maximum atomic E-state index is 13.2. The summed E-state index contributed by atoms with van der Waals surface area (Å²) in [6, 6.07) is 8.23. The van der Waals surface area contributed by atoms with Crippen LogP contribution in [0.3, 0.4) is 0 Å². The monoisotopic (exact) mass is 462 g/mol. The fourth-order valence-electron chi connectivity index (χ4n) is 3.49. The molecule has 1 aromatic rings. The highest BCUT2D eigenvalue weighted by Gasteiger charge is 2.36. The number of rotatable bonds is 13. The average Bonchev–Trinajstić information content (AvgIpc) is 2.76. The normalized spacial score (nSPS) is 13.9. The van der Waals surface area contributed by atoms with Crippen LogP contribution in [0, 0.1) is 11.3 Å². The topological polar surface area (TPSA) is 128 Å². The lowest BCUT2D eigenvalue weighted by atomic mass is 9.84. The maximum absolute atomic E-state index is 13.2. The zero-order chi connectivity index (χ0) is 25.0. The van der Waals surface area contributed by atoms with Gasteiger partial charge >= 0.3 is 0 Å². The van der Waals surface area contributed by atoms with Crippen molar-refractivity contribution in [2.24, 2.45) is 11.3 Å². The van der Waals surface area contributed by atoms with E-state index in [1.807, 2.05) is 51.1 Å². The van der Waals surface area contributed by atoms with Gasteiger partial charge in [0.25, 0.3) is 0 Å². The highest BCUT2D eigenvalue weighted by molar-refractivity contribution is 5.89. The number of benzene rings is 1. The molecule has 9 nitrogen and oxygen atoms in total. The van der Waals surface area contributed by atoms with Crippen LogP contribution >= 0.6 is 0 Å². The van der Waals surface area contributed by atoms with Crippen molar-refractivity contribution in [3.63, 3.8) is 0 Å². The number of aryl methyl sites for hydroxylation is 1. The van der Waals surface area contributed by atoms with Gasteiger partial charge in [-0.3, -0.25) is 24.4 Å². The summed E-state index contributed by atoms with van der Waals surface area (Å²) in [7, 11) is 0. The lowest BCUT2D eigenvalue weighted by Gasteiger charge is -2.33. The van der Waals surface area contributed by atoms with E-state index in [1.165, 1.54) is 6.92 Å². The van der Waals surface area contributed by atoms with Gasteiger partial charge in [-0.2, -0.15) is 0 Å². The molecule has 184 valence electrons. The van der Waals surface area contributed by atoms with Crippen LogP contribution in [0.1, 0.15) is 53.0 Å². The van der Waals surface area contributed by atoms with Crippen LogP contribution in [0.5, 0.6) is 0 Å². The third-order valence-electron chi connectivity index (χ3n) is 5.48. The number of carbonyl (C=O) groups is 4. The molecule has 3 atom stereocenters. The van der Waals surface area contributed by atoms with Gasteiger partial charge in [0.15, 0.2) is 0 Å². The van der Waals surface area contributed by atoms with Crippen molar-refractivity contribution in [3.05, 3.63) is 35.9 Å². The molecule has 0 aliphatic rings. The van der Waals surface area contributed by atoms with Crippen molar-refractivity contribution >= 4 is 24.1 Å². The number of amides is 4. The smallest absolute Gasteiger partial charge is 0.243 e. The van der Waals surface area contributed by atoms with Gasteiger partial charge < -0.3 is 16.0 Å². The highest BCUT2D eigenvalue weighted by Crippen LogP contribution is 2.23. The zero-order valence-corrected chi connectivity index (χ0v) is 20.3. The average molecular weight is 463 g/mol. The predicted molar refractivity (Wildman–Crippen MR) is 125 cm³/mol. The van der Waals surface area contributed by atoms with Crippen molar-refractivity contribution in [3.8, 4) is 0 Å². The standard InChI is InChI=1S/C24H38N4O5/c1-17(28(33)16-29)20(13-9-12-19-10-7-6-8-11-19)22(31)27-21(24(3,4)5)23(32)26-15-14-25-18(2)30/h6-8,10-11,16-17,20-21,33H,9,12-15H2,1-5H3,(H,25,30)(H,26,32)(H,27,31)/t17-,20?,21?/m0/s1. The van der Waals surface area contributed by atoms with E-state index in [9.17, 15) is 24.4 Å². The molecular weight excluding hydrogens is 424 g/mol. The largest absolute Gasteiger partial charge is 0.355 e. The van der Waals surface area contributed by atoms with Gasteiger partial charge in [0.05, 0.1) is 12.0 Å². The van der Waals surface area contributed by atoms with Gasteiger partial charge in [0.1, 0.15) is 6.04 Å². The fraction of sp³-hybridized carbons (Fsp3) is 0.583. The number of hydrogen-bond acceptors (Lipinski definition) is 5. The van der Waals surface area contributed by atoms with Crippen LogP contribution in [0.25, 0.3) is 0 Å². The third-order valence-corrected chi connectivity index (χ3v) is 5.48. The van der Waals surface area contributed by atoms with Crippen molar-refractivity contribution in [2.75, 3.05) is 13.1 Å². The van der Waals surface area contributed by atoms with Crippen molar-refractivity contribution in [1.29, 1.82) is 0 Å². The summed E-state index contributed by atoms with van der Waals surface area (Å²) < 4.78 is 0. The molecule has 33 heavy (non-hydrogen) atoms. The Morgan fingerprint density at radius 1 is 1.06 bits per heavy atom. The quantitative estimate of drug-likeness (QED) is 0.153. The Bertz CT molecular complexity index is 779. The Hall–Kier alpha value is -2.94. The molecule has 0 radical (unpaired) electrons. The van der Waals surface area contributed by atoms with Gasteiger partial charge in [-0.05, 0) is 37.2 Å². The minimum absolute atomic E-state index is 0.194. The minimum Gasteiger partial charge on any atom is -0.355 e. The number of hydrogen-bond donors (Lipinski definition) is 4. The zero-order valence-electron chi connectivity index (χ0n) is 20.3. The van der Waals surface area contributed by atoms with Gasteiger partial charge in [0.2, 0.25) is 24.1 Å². The Morgan fingerprint density at radius 3 is 2.21 bits per heavy atom. The molecule has 9 heteroatoms. The van der Waals surface area contributed by atoms with E-state index in [0.29, 0.717) is 17.9 Å². The molecule has 0 fully saturated rings. The molecule has 2 unspecified atom stereocenters. The third kappa shape index (κ3) is 10.0. The molecule has 1 rings (SSSR count). The van der Waals surface area contributed by atoms with Crippen LogP contribution in [0.2, 0.25) is 0 Å². The SMILES string of the molecule is CC(=O)NCCNC(=O)C(NC(=O)C(CCCc1ccccc1)[C@H](C)N(O)C=O)C(C)(C)C. The molecule has 4 amide bonds. The van der Waals surface area contributed by atoms with E-state index in [1.54, 1.807) is 6.92 Å². The van der Waals surface area contributed by atoms with Gasteiger partial charge in [0, 0.05) is 20.0 Å². The second kappa shape index (κ2) is 13.6. The molecule has 0 aliphatic heterocycles. The first-order valence-corrected chi connectivity index (χ1v) is 11.3. The molecule has 0 saturated carbocycles. The summed E-state index contributed by atoms with van der Waals surface area (Å²) in [6.07, 6.45) is 2.12. The van der Waals surface area contributed by atoms with Crippen molar-refractivity contribution < 1.29 is 24.4 Å². The number of carbonyl (C=O) groups excluding carboxylic acids is 4. The van der Waals surface area contributed by atoms with Crippen molar-refractivity contribution in [2.45, 2.75) is 66.0 Å². The molecule has 4 N–H and O–H groups in total. The molecule has 0 bridgehead atoms. The predicted octanol–water partition coefficient (Wildman–Crippen LogP) is 1.64. The Balaban J connectivity index is 2.88. The van der Waals surface area contributed by atoms with Crippen LogP contribution in [-0.4, -0.2) is 59.6 Å². The Kier molecular flexibility index (Phi) is 11.6. The van der Waals surface area contributed by atoms with Gasteiger partial charge in [-0.15, -0.1) is 0 Å². The van der Waals surface area contributed by atoms with E-state index < -0.39 is 29.3 Å². The number of hydroxylamine groups is 2. The van der Waals surface area contributed by atoms with Gasteiger partial charge in [-0.1, -0.05) is 51.1 Å². The summed E-state index contributed by atoms with van der Waals surface area (Å²) in [6.45, 7) is 9.01. The Labute approximate surface area is 196 Å². The van der Waals surface area contributed by atoms with Crippen LogP contribution in [0.4, 0.5) is 0 Å². The molecule has 0 heterocycles. The molecular formula is C24H38N4O5. The van der Waals surface area contributed by atoms with Gasteiger partial charge in [-0.25, -0.2) is 5.06 Å². The lowest BCUT2D eigenvalue weighted by molar-refractivity contribution is -0.166. The summed E-state index contributed by atoms with van der Waals surface area (Å²) in [5, 5.41) is 18.6. The van der Waals surface area contributed by atoms with E-state index >= 15 is 0 Å². The summed E-state index contributed by atoms with van der Waals surface area (Å²) in [4.78, 5) is 48.1. The summed E-state index contributed by atoms with van der Waals surface area (Å²) >= 11 is 0. The van der Waals surface area contributed by atoms with Crippen molar-refractivity contribution in [1.82, 2.24) is 21.0 Å². The second-order valence-electron chi connectivity index (χ2n) is 9.29. The van der Waals surface area contributed by atoms with E-state index in [4.69, 9.17) is 0 Å². The van der Waals surface area contributed by atoms with E-state index in [0.717, 1.165) is 12.0 Å². The lowest BCUT2D eigenvalue weighted by Crippen LogP contribution is -2.57. The molecule has 0 saturated heterocycles. The Morgan fingerprint density at radius 2 is 1.67 bits per heavy atom. The molecule has 0 aliphatic carbocycles. The van der Waals surface area contributed by atoms with E-state index in [2.05, 4.69) is 16.0 Å². The number of nitrogens with zero attached hydrogens (tertiary/aromatic N) is 1. The molecule has 0 spiro atoms. The highest BCUT2D eigenvalue weighted by atomic mass is 16.5. The first-order valence-electron chi connectivity index (χ1n) is 11.3. The van der Waals surface area contributed by atoms with Crippen LogP contribution in [0.15, 0.2) is 30.3 Å². The maximum Gasteiger partial charge on any atom is 0.243 e. The first-order chi connectivity index (χ1) is 15.5. The molecule has 1 aromatic carbocycles. The second-order valence-corrected chi connectivity index (χ2v) is 9.29. The van der Waals surface area contributed by atoms with Crippen LogP contribution < -0.4 is 16.0 Å². The van der Waals surface area contributed by atoms with E-state index in [-0.39, 0.29) is 31.3 Å². The number of nitrogens with one attached hydrogen (secondary N) is 3. The summed E-state index contributed by atoms with van der Waals surface area (Å²) in [5.41, 5.74) is 0.543. The molecule has 0 aromatic heterocycles. The first kappa shape index (κ1) is 28.1. The summed E-state index contributed by atoms with van der Waals surface area (Å²) in [5.74, 6) is -1.68. The fourth-order valence-corrected chi connectivity index (χ4v) is 3.49. The minimum atomic E-state index is -0.838.